The summed E-state index contributed by atoms with van der Waals surface area (Å²) in [7, 11) is 0. The van der Waals surface area contributed by atoms with E-state index in [1.54, 1.807) is 0 Å². The average molecular weight is 298 g/mol. The number of rotatable bonds is 2. The molecule has 2 nitrogen and oxygen atoms in total. The fraction of sp³-hybridized carbons (Fsp3) is 0. The zero-order valence-electron chi connectivity index (χ0n) is 8.37. The Morgan fingerprint density at radius 3 is 2.50 bits per heavy atom. The van der Waals surface area contributed by atoms with Crippen LogP contribution in [0.4, 0.5) is 17.1 Å². The molecule has 0 aromatic heterocycles. The monoisotopic (exact) mass is 296 g/mol. The highest BCUT2D eigenvalue weighted by atomic mass is 79.9. The number of hydrogen-bond donors (Lipinski definition) is 2. The number of nitrogens with one attached hydrogen (secondary N) is 1. The molecule has 2 rings (SSSR count). The van der Waals surface area contributed by atoms with Crippen LogP contribution < -0.4 is 11.1 Å². The van der Waals surface area contributed by atoms with E-state index in [1.165, 1.54) is 0 Å². The van der Waals surface area contributed by atoms with Crippen molar-refractivity contribution in [2.24, 2.45) is 0 Å². The molecule has 2 aromatic carbocycles. The second-order valence-corrected chi connectivity index (χ2v) is 4.66. The molecule has 0 saturated heterocycles. The van der Waals surface area contributed by atoms with Gasteiger partial charge in [0, 0.05) is 4.47 Å². The Morgan fingerprint density at radius 1 is 1.06 bits per heavy atom. The number of halogens is 2. The zero-order chi connectivity index (χ0) is 11.5. The summed E-state index contributed by atoms with van der Waals surface area (Å²) in [5.74, 6) is 0. The maximum Gasteiger partial charge on any atom is 0.0640 e. The highest BCUT2D eigenvalue weighted by Gasteiger charge is 2.02. The second-order valence-electron chi connectivity index (χ2n) is 3.34. The van der Waals surface area contributed by atoms with Gasteiger partial charge in [0.25, 0.3) is 0 Å². The molecule has 0 saturated carbocycles. The minimum Gasteiger partial charge on any atom is -0.397 e. The third-order valence-corrected chi connectivity index (χ3v) is 2.98. The van der Waals surface area contributed by atoms with Gasteiger partial charge in [0.15, 0.2) is 0 Å². The van der Waals surface area contributed by atoms with Crippen LogP contribution in [0.5, 0.6) is 0 Å². The van der Waals surface area contributed by atoms with Crippen molar-refractivity contribution < 1.29 is 0 Å². The first-order valence-corrected chi connectivity index (χ1v) is 5.90. The Kier molecular flexibility index (Phi) is 3.36. The van der Waals surface area contributed by atoms with Gasteiger partial charge in [-0.05, 0) is 30.3 Å². The molecule has 0 amide bonds. The summed E-state index contributed by atoms with van der Waals surface area (Å²) in [6, 6.07) is 13.2. The Hall–Kier alpha value is -1.19. The molecular formula is C12H10BrClN2. The van der Waals surface area contributed by atoms with Crippen LogP contribution in [-0.2, 0) is 0 Å². The summed E-state index contributed by atoms with van der Waals surface area (Å²) in [6.45, 7) is 0. The molecule has 0 aliphatic carbocycles. The van der Waals surface area contributed by atoms with Crippen LogP contribution >= 0.6 is 27.5 Å². The predicted molar refractivity (Wildman–Crippen MR) is 73.3 cm³/mol. The Bertz CT molecular complexity index is 514. The molecule has 0 aliphatic rings. The molecule has 82 valence electrons. The summed E-state index contributed by atoms with van der Waals surface area (Å²) in [5, 5.41) is 3.86. The maximum absolute atomic E-state index is 6.05. The molecule has 0 spiro atoms. The summed E-state index contributed by atoms with van der Waals surface area (Å²) >= 11 is 9.41. The van der Waals surface area contributed by atoms with Crippen LogP contribution in [-0.4, -0.2) is 0 Å². The van der Waals surface area contributed by atoms with Crippen molar-refractivity contribution in [2.45, 2.75) is 0 Å². The number of para-hydroxylation sites is 1. The van der Waals surface area contributed by atoms with E-state index in [2.05, 4.69) is 21.2 Å². The maximum atomic E-state index is 6.05. The first-order chi connectivity index (χ1) is 7.66. The summed E-state index contributed by atoms with van der Waals surface area (Å²) < 4.78 is 0.953. The largest absolute Gasteiger partial charge is 0.397 e. The molecule has 4 heteroatoms. The number of anilines is 3. The van der Waals surface area contributed by atoms with E-state index in [4.69, 9.17) is 17.3 Å². The summed E-state index contributed by atoms with van der Waals surface area (Å²) in [6.07, 6.45) is 0. The second kappa shape index (κ2) is 4.76. The van der Waals surface area contributed by atoms with Gasteiger partial charge in [-0.1, -0.05) is 39.7 Å². The minimum absolute atomic E-state index is 0.671. The molecule has 0 heterocycles. The summed E-state index contributed by atoms with van der Waals surface area (Å²) in [4.78, 5) is 0. The fourth-order valence-corrected chi connectivity index (χ4v) is 1.92. The van der Waals surface area contributed by atoms with Crippen molar-refractivity contribution in [3.8, 4) is 0 Å². The number of nitrogens with two attached hydrogens (primary N) is 1. The topological polar surface area (TPSA) is 38.0 Å². The van der Waals surface area contributed by atoms with Gasteiger partial charge in [-0.3, -0.25) is 0 Å². The minimum atomic E-state index is 0.671. The van der Waals surface area contributed by atoms with E-state index in [-0.39, 0.29) is 0 Å². The van der Waals surface area contributed by atoms with E-state index in [1.807, 2.05) is 42.5 Å². The highest BCUT2D eigenvalue weighted by molar-refractivity contribution is 9.10. The van der Waals surface area contributed by atoms with E-state index < -0.39 is 0 Å². The summed E-state index contributed by atoms with van der Waals surface area (Å²) in [5.41, 5.74) is 8.25. The van der Waals surface area contributed by atoms with Crippen molar-refractivity contribution in [3.05, 3.63) is 52.0 Å². The van der Waals surface area contributed by atoms with Gasteiger partial charge in [-0.25, -0.2) is 0 Å². The van der Waals surface area contributed by atoms with Crippen molar-refractivity contribution >= 4 is 44.6 Å². The lowest BCUT2D eigenvalue weighted by Crippen LogP contribution is -1.96. The normalized spacial score (nSPS) is 10.1. The van der Waals surface area contributed by atoms with Crippen LogP contribution in [0.25, 0.3) is 0 Å². The quantitative estimate of drug-likeness (QED) is 0.805. The predicted octanol–water partition coefficient (Wildman–Crippen LogP) is 4.43. The first kappa shape index (κ1) is 11.3. The third kappa shape index (κ3) is 2.49. The van der Waals surface area contributed by atoms with E-state index >= 15 is 0 Å². The molecular weight excluding hydrogens is 288 g/mol. The van der Waals surface area contributed by atoms with Crippen molar-refractivity contribution in [1.82, 2.24) is 0 Å². The van der Waals surface area contributed by atoms with Crippen LogP contribution in [0.15, 0.2) is 46.9 Å². The molecule has 0 aliphatic heterocycles. The van der Waals surface area contributed by atoms with Gasteiger partial charge in [0.05, 0.1) is 22.1 Å². The van der Waals surface area contributed by atoms with Crippen LogP contribution in [0.3, 0.4) is 0 Å². The van der Waals surface area contributed by atoms with Gasteiger partial charge in [0.1, 0.15) is 0 Å². The van der Waals surface area contributed by atoms with Gasteiger partial charge in [0.2, 0.25) is 0 Å². The molecule has 0 fully saturated rings. The standard InChI is InChI=1S/C12H10BrClN2/c13-8-5-6-12(10(15)7-8)16-11-4-2-1-3-9(11)14/h1-7,16H,15H2. The van der Waals surface area contributed by atoms with Crippen LogP contribution in [0, 0.1) is 0 Å². The van der Waals surface area contributed by atoms with E-state index in [9.17, 15) is 0 Å². The Labute approximate surface area is 108 Å². The van der Waals surface area contributed by atoms with Crippen molar-refractivity contribution in [2.75, 3.05) is 11.1 Å². The number of hydrogen-bond acceptors (Lipinski definition) is 2. The SMILES string of the molecule is Nc1cc(Br)ccc1Nc1ccccc1Cl. The smallest absolute Gasteiger partial charge is 0.0640 e. The highest BCUT2D eigenvalue weighted by Crippen LogP contribution is 2.29. The van der Waals surface area contributed by atoms with E-state index in [0.717, 1.165) is 15.8 Å². The molecule has 16 heavy (non-hydrogen) atoms. The van der Waals surface area contributed by atoms with Gasteiger partial charge in [-0.2, -0.15) is 0 Å². The molecule has 0 unspecified atom stereocenters. The van der Waals surface area contributed by atoms with Gasteiger partial charge >= 0.3 is 0 Å². The van der Waals surface area contributed by atoms with E-state index in [0.29, 0.717) is 10.7 Å². The Morgan fingerprint density at radius 2 is 1.81 bits per heavy atom. The molecule has 3 N–H and O–H groups in total. The molecule has 0 atom stereocenters. The lowest BCUT2D eigenvalue weighted by molar-refractivity contribution is 1.53. The first-order valence-electron chi connectivity index (χ1n) is 4.73. The van der Waals surface area contributed by atoms with Crippen LogP contribution in [0.1, 0.15) is 0 Å². The van der Waals surface area contributed by atoms with Crippen molar-refractivity contribution in [3.63, 3.8) is 0 Å². The third-order valence-electron chi connectivity index (χ3n) is 2.16. The Balaban J connectivity index is 2.31. The fourth-order valence-electron chi connectivity index (χ4n) is 1.36. The zero-order valence-corrected chi connectivity index (χ0v) is 10.7. The van der Waals surface area contributed by atoms with Crippen LogP contribution in [0.2, 0.25) is 5.02 Å². The average Bonchev–Trinajstić information content (AvgIpc) is 2.25. The number of nitrogen functional groups attached to an aromatic ring is 1. The number of benzene rings is 2. The van der Waals surface area contributed by atoms with Gasteiger partial charge in [-0.15, -0.1) is 0 Å². The molecule has 0 radical (unpaired) electrons. The van der Waals surface area contributed by atoms with Crippen molar-refractivity contribution in [1.29, 1.82) is 0 Å². The molecule has 2 aromatic rings. The molecule has 0 bridgehead atoms. The van der Waals surface area contributed by atoms with Gasteiger partial charge < -0.3 is 11.1 Å². The lowest BCUT2D eigenvalue weighted by Gasteiger charge is -2.10. The lowest BCUT2D eigenvalue weighted by atomic mass is 10.2.